The summed E-state index contributed by atoms with van der Waals surface area (Å²) in [4.78, 5) is 26.0. The second kappa shape index (κ2) is 7.06. The standard InChI is InChI=1S/C17H13N3O3S/c18-9-14(16(22)19-10-13-7-4-8-23-13)17-20(15(21)11-24-17)12-5-2-1-3-6-12/h1-8H,10-11H2,(H,19,22)/b17-14+. The van der Waals surface area contributed by atoms with Crippen molar-refractivity contribution >= 4 is 29.3 Å². The van der Waals surface area contributed by atoms with E-state index in [9.17, 15) is 14.9 Å². The molecular weight excluding hydrogens is 326 g/mol. The van der Waals surface area contributed by atoms with Crippen molar-refractivity contribution in [2.75, 3.05) is 10.7 Å². The van der Waals surface area contributed by atoms with Crippen molar-refractivity contribution in [1.29, 1.82) is 5.26 Å². The molecule has 7 heteroatoms. The van der Waals surface area contributed by atoms with Gasteiger partial charge in [0.2, 0.25) is 5.91 Å². The van der Waals surface area contributed by atoms with Gasteiger partial charge in [-0.1, -0.05) is 30.0 Å². The van der Waals surface area contributed by atoms with E-state index in [1.165, 1.54) is 22.9 Å². The van der Waals surface area contributed by atoms with E-state index in [1.54, 1.807) is 36.4 Å². The first-order valence-electron chi connectivity index (χ1n) is 7.16. The summed E-state index contributed by atoms with van der Waals surface area (Å²) in [7, 11) is 0. The average Bonchev–Trinajstić information content (AvgIpc) is 3.24. The van der Waals surface area contributed by atoms with E-state index >= 15 is 0 Å². The SMILES string of the molecule is N#C/C(C(=O)NCc1ccco1)=C1\SCC(=O)N1c1ccccc1. The van der Waals surface area contributed by atoms with E-state index in [0.717, 1.165) is 0 Å². The van der Waals surface area contributed by atoms with Gasteiger partial charge < -0.3 is 9.73 Å². The summed E-state index contributed by atoms with van der Waals surface area (Å²) < 4.78 is 5.15. The van der Waals surface area contributed by atoms with E-state index in [4.69, 9.17) is 4.42 Å². The Kier molecular flexibility index (Phi) is 4.68. The van der Waals surface area contributed by atoms with E-state index in [0.29, 0.717) is 16.5 Å². The largest absolute Gasteiger partial charge is 0.467 e. The molecule has 1 aliphatic rings. The number of carbonyl (C=O) groups excluding carboxylic acids is 2. The minimum absolute atomic E-state index is 0.0822. The second-order valence-electron chi connectivity index (χ2n) is 4.91. The molecule has 0 aliphatic carbocycles. The number of thioether (sulfide) groups is 1. The lowest BCUT2D eigenvalue weighted by atomic mass is 10.2. The highest BCUT2D eigenvalue weighted by Crippen LogP contribution is 2.35. The molecule has 2 aromatic rings. The predicted octanol–water partition coefficient (Wildman–Crippen LogP) is 2.41. The number of rotatable bonds is 4. The molecule has 0 unspecified atom stereocenters. The van der Waals surface area contributed by atoms with Gasteiger partial charge in [0.05, 0.1) is 18.6 Å². The van der Waals surface area contributed by atoms with Crippen molar-refractivity contribution in [2.24, 2.45) is 0 Å². The van der Waals surface area contributed by atoms with E-state index < -0.39 is 5.91 Å². The van der Waals surface area contributed by atoms with Gasteiger partial charge in [-0.2, -0.15) is 5.26 Å². The zero-order valence-corrected chi connectivity index (χ0v) is 13.4. The van der Waals surface area contributed by atoms with Gasteiger partial charge in [0.15, 0.2) is 0 Å². The van der Waals surface area contributed by atoms with Gasteiger partial charge in [0.25, 0.3) is 5.91 Å². The molecule has 3 rings (SSSR count). The van der Waals surface area contributed by atoms with Gasteiger partial charge >= 0.3 is 0 Å². The van der Waals surface area contributed by atoms with Crippen molar-refractivity contribution in [1.82, 2.24) is 5.32 Å². The molecule has 2 heterocycles. The van der Waals surface area contributed by atoms with Crippen molar-refractivity contribution in [3.63, 3.8) is 0 Å². The van der Waals surface area contributed by atoms with E-state index in [-0.39, 0.29) is 23.8 Å². The van der Waals surface area contributed by atoms with Gasteiger partial charge in [-0.3, -0.25) is 14.5 Å². The minimum Gasteiger partial charge on any atom is -0.467 e. The third kappa shape index (κ3) is 3.19. The number of carbonyl (C=O) groups is 2. The summed E-state index contributed by atoms with van der Waals surface area (Å²) in [5.74, 6) is 0.0847. The molecule has 120 valence electrons. The molecule has 1 fully saturated rings. The van der Waals surface area contributed by atoms with E-state index in [1.807, 2.05) is 12.1 Å². The zero-order chi connectivity index (χ0) is 16.9. The fourth-order valence-corrected chi connectivity index (χ4v) is 3.27. The maximum Gasteiger partial charge on any atom is 0.265 e. The molecule has 0 saturated carbocycles. The topological polar surface area (TPSA) is 86.3 Å². The number of nitrogens with zero attached hydrogens (tertiary/aromatic N) is 2. The molecule has 6 nitrogen and oxygen atoms in total. The molecule has 0 spiro atoms. The third-order valence-electron chi connectivity index (χ3n) is 3.36. The summed E-state index contributed by atoms with van der Waals surface area (Å²) >= 11 is 1.19. The van der Waals surface area contributed by atoms with Gasteiger partial charge in [-0.15, -0.1) is 0 Å². The number of nitriles is 1. The monoisotopic (exact) mass is 339 g/mol. The first-order chi connectivity index (χ1) is 11.7. The van der Waals surface area contributed by atoms with Crippen LogP contribution in [0.15, 0.2) is 63.7 Å². The normalized spacial score (nSPS) is 16.0. The van der Waals surface area contributed by atoms with Crippen LogP contribution in [-0.4, -0.2) is 17.6 Å². The molecular formula is C17H13N3O3S. The zero-order valence-electron chi connectivity index (χ0n) is 12.6. The van der Waals surface area contributed by atoms with Gasteiger partial charge in [0.1, 0.15) is 22.4 Å². The number of nitrogens with one attached hydrogen (secondary N) is 1. The van der Waals surface area contributed by atoms with Crippen LogP contribution >= 0.6 is 11.8 Å². The first kappa shape index (κ1) is 15.9. The smallest absolute Gasteiger partial charge is 0.265 e. The molecule has 1 aliphatic heterocycles. The van der Waals surface area contributed by atoms with Crippen molar-refractivity contribution in [3.05, 3.63) is 65.1 Å². The summed E-state index contributed by atoms with van der Waals surface area (Å²) in [6, 6.07) is 14.3. The van der Waals surface area contributed by atoms with Crippen LogP contribution in [0.25, 0.3) is 0 Å². The lowest BCUT2D eigenvalue weighted by Gasteiger charge is -2.18. The third-order valence-corrected chi connectivity index (χ3v) is 4.41. The molecule has 1 aromatic carbocycles. The Morgan fingerprint density at radius 3 is 2.75 bits per heavy atom. The maximum atomic E-state index is 12.4. The number of benzene rings is 1. The number of amides is 2. The van der Waals surface area contributed by atoms with Crippen LogP contribution in [0.5, 0.6) is 0 Å². The molecule has 2 amide bonds. The molecule has 1 N–H and O–H groups in total. The quantitative estimate of drug-likeness (QED) is 0.683. The van der Waals surface area contributed by atoms with Crippen LogP contribution in [0.2, 0.25) is 0 Å². The van der Waals surface area contributed by atoms with Crippen LogP contribution in [0.1, 0.15) is 5.76 Å². The van der Waals surface area contributed by atoms with Crippen molar-refractivity contribution in [3.8, 4) is 6.07 Å². The highest BCUT2D eigenvalue weighted by molar-refractivity contribution is 8.04. The average molecular weight is 339 g/mol. The van der Waals surface area contributed by atoms with Crippen molar-refractivity contribution < 1.29 is 14.0 Å². The molecule has 1 saturated heterocycles. The van der Waals surface area contributed by atoms with Gasteiger partial charge in [0, 0.05) is 5.69 Å². The summed E-state index contributed by atoms with van der Waals surface area (Å²) in [5.41, 5.74) is 0.551. The highest BCUT2D eigenvalue weighted by atomic mass is 32.2. The minimum atomic E-state index is -0.535. The molecule has 1 aromatic heterocycles. The van der Waals surface area contributed by atoms with Crippen LogP contribution in [0.4, 0.5) is 5.69 Å². The number of para-hydroxylation sites is 1. The van der Waals surface area contributed by atoms with Crippen LogP contribution in [0.3, 0.4) is 0 Å². The molecule has 24 heavy (non-hydrogen) atoms. The Morgan fingerprint density at radius 1 is 1.29 bits per heavy atom. The number of hydrogen-bond acceptors (Lipinski definition) is 5. The van der Waals surface area contributed by atoms with Crippen LogP contribution < -0.4 is 10.2 Å². The summed E-state index contributed by atoms with van der Waals surface area (Å²) in [6.07, 6.45) is 1.51. The number of hydrogen-bond donors (Lipinski definition) is 1. The first-order valence-corrected chi connectivity index (χ1v) is 8.15. The Balaban J connectivity index is 1.87. The lowest BCUT2D eigenvalue weighted by molar-refractivity contribution is -0.117. The van der Waals surface area contributed by atoms with Crippen LogP contribution in [0, 0.1) is 11.3 Å². The van der Waals surface area contributed by atoms with Gasteiger partial charge in [-0.25, -0.2) is 0 Å². The lowest BCUT2D eigenvalue weighted by Crippen LogP contribution is -2.29. The Labute approximate surface area is 142 Å². The van der Waals surface area contributed by atoms with E-state index in [2.05, 4.69) is 5.32 Å². The molecule has 0 bridgehead atoms. The van der Waals surface area contributed by atoms with Crippen LogP contribution in [-0.2, 0) is 16.1 Å². The maximum absolute atomic E-state index is 12.4. The van der Waals surface area contributed by atoms with Gasteiger partial charge in [-0.05, 0) is 24.3 Å². The molecule has 0 radical (unpaired) electrons. The Bertz CT molecular complexity index is 823. The summed E-state index contributed by atoms with van der Waals surface area (Å²) in [5, 5.41) is 12.4. The number of furan rings is 1. The summed E-state index contributed by atoms with van der Waals surface area (Å²) in [6.45, 7) is 0.175. The second-order valence-corrected chi connectivity index (χ2v) is 5.87. The highest BCUT2D eigenvalue weighted by Gasteiger charge is 2.32. The fraction of sp³-hybridized carbons (Fsp3) is 0.118. The predicted molar refractivity (Wildman–Crippen MR) is 89.6 cm³/mol. The fourth-order valence-electron chi connectivity index (χ4n) is 2.26. The van der Waals surface area contributed by atoms with Crippen molar-refractivity contribution in [2.45, 2.75) is 6.54 Å². The molecule has 0 atom stereocenters. The Hall–Kier alpha value is -2.98. The Morgan fingerprint density at radius 2 is 2.08 bits per heavy atom. The number of anilines is 1.